The Morgan fingerprint density at radius 1 is 1.31 bits per heavy atom. The van der Waals surface area contributed by atoms with Crippen molar-refractivity contribution in [2.24, 2.45) is 0 Å². The molecule has 4 aromatic rings. The number of nitrogens with one attached hydrogen (secondary N) is 2. The fraction of sp³-hybridized carbons (Fsp3) is 0.176. The second-order valence-corrected chi connectivity index (χ2v) is 6.47. The van der Waals surface area contributed by atoms with Gasteiger partial charge >= 0.3 is 0 Å². The third kappa shape index (κ3) is 2.95. The Morgan fingerprint density at radius 2 is 2.15 bits per heavy atom. The molecule has 0 saturated heterocycles. The fourth-order valence-electron chi connectivity index (χ4n) is 2.97. The van der Waals surface area contributed by atoms with Gasteiger partial charge in [-0.25, -0.2) is 15.0 Å². The minimum absolute atomic E-state index is 0.0796. The number of carbonyl (C=O) groups excluding carboxylic acids is 1. The van der Waals surface area contributed by atoms with Crippen LogP contribution in [0.2, 0.25) is 5.02 Å². The number of aromatic amines is 1. The van der Waals surface area contributed by atoms with Crippen molar-refractivity contribution in [3.05, 3.63) is 47.1 Å². The number of rotatable bonds is 4. The SMILES string of the molecule is CC(=O)NCc1cc2cc(Cl)cc(Cn3cnc4c(N)ncnc43)c2[nH]1. The molecule has 0 saturated carbocycles. The molecule has 1 amide bonds. The number of hydrogen-bond acceptors (Lipinski definition) is 5. The highest BCUT2D eigenvalue weighted by Gasteiger charge is 2.12. The van der Waals surface area contributed by atoms with E-state index in [0.29, 0.717) is 35.1 Å². The number of H-pyrrole nitrogens is 1. The topological polar surface area (TPSA) is 115 Å². The van der Waals surface area contributed by atoms with E-state index in [4.69, 9.17) is 17.3 Å². The van der Waals surface area contributed by atoms with Crippen LogP contribution in [-0.4, -0.2) is 30.4 Å². The molecule has 0 aliphatic heterocycles. The van der Waals surface area contributed by atoms with Gasteiger partial charge in [0.05, 0.1) is 24.9 Å². The predicted octanol–water partition coefficient (Wildman–Crippen LogP) is 2.23. The summed E-state index contributed by atoms with van der Waals surface area (Å²) in [7, 11) is 0. The zero-order chi connectivity index (χ0) is 18.3. The van der Waals surface area contributed by atoms with Crippen molar-refractivity contribution in [1.29, 1.82) is 0 Å². The molecule has 3 heterocycles. The number of anilines is 1. The van der Waals surface area contributed by atoms with Crippen LogP contribution in [0.15, 0.2) is 30.9 Å². The van der Waals surface area contributed by atoms with Crippen molar-refractivity contribution in [2.45, 2.75) is 20.0 Å². The minimum Gasteiger partial charge on any atom is -0.382 e. The number of nitrogen functional groups attached to an aromatic ring is 1. The second kappa shape index (κ2) is 6.30. The highest BCUT2D eigenvalue weighted by Crippen LogP contribution is 2.26. The molecule has 0 unspecified atom stereocenters. The molecular weight excluding hydrogens is 354 g/mol. The first-order chi connectivity index (χ1) is 12.5. The van der Waals surface area contributed by atoms with Gasteiger partial charge in [0.25, 0.3) is 0 Å². The molecule has 0 fully saturated rings. The lowest BCUT2D eigenvalue weighted by atomic mass is 10.1. The fourth-order valence-corrected chi connectivity index (χ4v) is 3.22. The van der Waals surface area contributed by atoms with Crippen molar-refractivity contribution >= 4 is 45.4 Å². The number of hydrogen-bond donors (Lipinski definition) is 3. The average Bonchev–Trinajstić information content (AvgIpc) is 3.18. The molecule has 3 aromatic heterocycles. The smallest absolute Gasteiger partial charge is 0.217 e. The van der Waals surface area contributed by atoms with Crippen LogP contribution in [0.5, 0.6) is 0 Å². The van der Waals surface area contributed by atoms with Crippen molar-refractivity contribution in [2.75, 3.05) is 5.73 Å². The van der Waals surface area contributed by atoms with Crippen LogP contribution in [0.3, 0.4) is 0 Å². The number of benzene rings is 1. The van der Waals surface area contributed by atoms with E-state index < -0.39 is 0 Å². The van der Waals surface area contributed by atoms with E-state index in [9.17, 15) is 4.79 Å². The first-order valence-electron chi connectivity index (χ1n) is 7.97. The molecule has 4 N–H and O–H groups in total. The quantitative estimate of drug-likeness (QED) is 0.510. The normalized spacial score (nSPS) is 11.3. The van der Waals surface area contributed by atoms with Gasteiger partial charge in [-0.2, -0.15) is 0 Å². The third-order valence-corrected chi connectivity index (χ3v) is 4.35. The molecular formula is C17H16ClN7O. The summed E-state index contributed by atoms with van der Waals surface area (Å²) >= 11 is 6.29. The van der Waals surface area contributed by atoms with Gasteiger partial charge in [-0.1, -0.05) is 11.6 Å². The lowest BCUT2D eigenvalue weighted by molar-refractivity contribution is -0.119. The van der Waals surface area contributed by atoms with E-state index in [2.05, 4.69) is 25.3 Å². The molecule has 0 aliphatic rings. The second-order valence-electron chi connectivity index (χ2n) is 6.04. The van der Waals surface area contributed by atoms with Crippen LogP contribution in [0.1, 0.15) is 18.2 Å². The molecule has 8 nitrogen and oxygen atoms in total. The van der Waals surface area contributed by atoms with E-state index in [1.54, 1.807) is 6.33 Å². The maximum absolute atomic E-state index is 11.1. The number of carbonyl (C=O) groups is 1. The zero-order valence-electron chi connectivity index (χ0n) is 14.0. The van der Waals surface area contributed by atoms with E-state index in [1.807, 2.05) is 22.8 Å². The van der Waals surface area contributed by atoms with E-state index in [1.165, 1.54) is 13.3 Å². The number of nitrogens with zero attached hydrogens (tertiary/aromatic N) is 4. The van der Waals surface area contributed by atoms with E-state index >= 15 is 0 Å². The molecule has 0 atom stereocenters. The first-order valence-corrected chi connectivity index (χ1v) is 8.35. The third-order valence-electron chi connectivity index (χ3n) is 4.13. The number of halogens is 1. The van der Waals surface area contributed by atoms with Gasteiger partial charge in [0, 0.05) is 23.0 Å². The molecule has 26 heavy (non-hydrogen) atoms. The molecule has 0 aliphatic carbocycles. The zero-order valence-corrected chi connectivity index (χ0v) is 14.7. The van der Waals surface area contributed by atoms with Crippen LogP contribution in [-0.2, 0) is 17.9 Å². The Labute approximate surface area is 153 Å². The summed E-state index contributed by atoms with van der Waals surface area (Å²) in [5.41, 5.74) is 9.93. The average molecular weight is 370 g/mol. The van der Waals surface area contributed by atoms with Gasteiger partial charge in [-0.15, -0.1) is 0 Å². The van der Waals surface area contributed by atoms with Gasteiger partial charge in [-0.05, 0) is 23.8 Å². The predicted molar refractivity (Wildman–Crippen MR) is 99.7 cm³/mol. The van der Waals surface area contributed by atoms with E-state index in [0.717, 1.165) is 22.2 Å². The minimum atomic E-state index is -0.0796. The Balaban J connectivity index is 1.75. The summed E-state index contributed by atoms with van der Waals surface area (Å²) in [6, 6.07) is 5.77. The summed E-state index contributed by atoms with van der Waals surface area (Å²) in [5.74, 6) is 0.270. The highest BCUT2D eigenvalue weighted by molar-refractivity contribution is 6.31. The van der Waals surface area contributed by atoms with Gasteiger partial charge in [0.15, 0.2) is 11.5 Å². The Kier molecular flexibility index (Phi) is 3.96. The number of fused-ring (bicyclic) bond motifs is 2. The van der Waals surface area contributed by atoms with Crippen molar-refractivity contribution in [3.63, 3.8) is 0 Å². The number of aromatic nitrogens is 5. The molecule has 1 aromatic carbocycles. The van der Waals surface area contributed by atoms with Gasteiger partial charge in [0.1, 0.15) is 11.8 Å². The van der Waals surface area contributed by atoms with Gasteiger partial charge in [-0.3, -0.25) is 4.79 Å². The van der Waals surface area contributed by atoms with Crippen molar-refractivity contribution in [3.8, 4) is 0 Å². The van der Waals surface area contributed by atoms with E-state index in [-0.39, 0.29) is 5.91 Å². The molecule has 0 radical (unpaired) electrons. The molecule has 0 spiro atoms. The lowest BCUT2D eigenvalue weighted by Gasteiger charge is -2.07. The molecule has 132 valence electrons. The monoisotopic (exact) mass is 369 g/mol. The standard InChI is InChI=1S/C17H16ClN7O/c1-9(26)20-5-13-4-10-2-12(18)3-11(14(10)24-13)6-25-8-23-15-16(19)21-7-22-17(15)25/h2-4,7-8,24H,5-6H2,1H3,(H,20,26)(H2,19,21,22). The van der Waals surface area contributed by atoms with Crippen LogP contribution >= 0.6 is 11.6 Å². The maximum Gasteiger partial charge on any atom is 0.217 e. The highest BCUT2D eigenvalue weighted by atomic mass is 35.5. The Hall–Kier alpha value is -3.13. The Bertz CT molecular complexity index is 1130. The molecule has 9 heteroatoms. The lowest BCUT2D eigenvalue weighted by Crippen LogP contribution is -2.18. The van der Waals surface area contributed by atoms with Crippen LogP contribution in [0.25, 0.3) is 22.1 Å². The van der Waals surface area contributed by atoms with Gasteiger partial charge < -0.3 is 20.6 Å². The van der Waals surface area contributed by atoms with Crippen molar-refractivity contribution < 1.29 is 4.79 Å². The van der Waals surface area contributed by atoms with Crippen LogP contribution < -0.4 is 11.1 Å². The summed E-state index contributed by atoms with van der Waals surface area (Å²) in [6.07, 6.45) is 3.10. The summed E-state index contributed by atoms with van der Waals surface area (Å²) in [4.78, 5) is 27.0. The Morgan fingerprint density at radius 3 is 2.96 bits per heavy atom. The van der Waals surface area contributed by atoms with Gasteiger partial charge in [0.2, 0.25) is 5.91 Å². The number of nitrogens with two attached hydrogens (primary N) is 1. The molecule has 4 rings (SSSR count). The number of imidazole rings is 1. The van der Waals surface area contributed by atoms with Crippen LogP contribution in [0, 0.1) is 0 Å². The summed E-state index contributed by atoms with van der Waals surface area (Å²) in [6.45, 7) is 2.44. The van der Waals surface area contributed by atoms with Crippen molar-refractivity contribution in [1.82, 2.24) is 29.8 Å². The van der Waals surface area contributed by atoms with Crippen LogP contribution in [0.4, 0.5) is 5.82 Å². The number of amides is 1. The molecule has 0 bridgehead atoms. The first kappa shape index (κ1) is 16.3. The largest absolute Gasteiger partial charge is 0.382 e. The summed E-state index contributed by atoms with van der Waals surface area (Å²) in [5, 5.41) is 4.40. The summed E-state index contributed by atoms with van der Waals surface area (Å²) < 4.78 is 1.90. The maximum atomic E-state index is 11.1.